The van der Waals surface area contributed by atoms with Crippen LogP contribution in [-0.2, 0) is 15.0 Å². The summed E-state index contributed by atoms with van der Waals surface area (Å²) in [5.74, 6) is 0.360. The maximum atomic E-state index is 12.9. The summed E-state index contributed by atoms with van der Waals surface area (Å²) in [6, 6.07) is 5.95. The molecule has 1 aliphatic heterocycles. The van der Waals surface area contributed by atoms with Gasteiger partial charge in [0.1, 0.15) is 5.78 Å². The first-order chi connectivity index (χ1) is 10.5. The van der Waals surface area contributed by atoms with Gasteiger partial charge < -0.3 is 4.90 Å². The van der Waals surface area contributed by atoms with Crippen LogP contribution in [0.1, 0.15) is 31.2 Å². The third-order valence-electron chi connectivity index (χ3n) is 5.03. The van der Waals surface area contributed by atoms with Crippen molar-refractivity contribution >= 4 is 44.2 Å². The molecule has 1 aromatic heterocycles. The van der Waals surface area contributed by atoms with E-state index in [9.17, 15) is 9.59 Å². The molecule has 4 nitrogen and oxygen atoms in total. The van der Waals surface area contributed by atoms with Crippen LogP contribution in [0.15, 0.2) is 28.9 Å². The lowest BCUT2D eigenvalue weighted by atomic mass is 9.69. The highest BCUT2D eigenvalue weighted by atomic mass is 79.9. The number of hydrogen-bond acceptors (Lipinski definition) is 3. The Labute approximate surface area is 136 Å². The van der Waals surface area contributed by atoms with Gasteiger partial charge in [0.25, 0.3) is 0 Å². The predicted octanol–water partition coefficient (Wildman–Crippen LogP) is 3.35. The number of likely N-dealkylation sites (N-methyl/N-ethyl adjacent to an activating group) is 1. The lowest BCUT2D eigenvalue weighted by Gasteiger charge is -2.32. The Morgan fingerprint density at radius 1 is 1.23 bits per heavy atom. The highest BCUT2D eigenvalue weighted by molar-refractivity contribution is 9.10. The summed E-state index contributed by atoms with van der Waals surface area (Å²) in [6.07, 6.45) is 3.96. The summed E-state index contributed by atoms with van der Waals surface area (Å²) in [6.45, 7) is 0. The molecule has 1 saturated carbocycles. The number of anilines is 1. The number of benzene rings is 1. The van der Waals surface area contributed by atoms with Crippen LogP contribution in [0.25, 0.3) is 10.9 Å². The number of fused-ring (bicyclic) bond motifs is 4. The van der Waals surface area contributed by atoms with Gasteiger partial charge in [0.15, 0.2) is 0 Å². The molecule has 0 unspecified atom stereocenters. The molecule has 0 atom stereocenters. The highest BCUT2D eigenvalue weighted by Crippen LogP contribution is 2.51. The summed E-state index contributed by atoms with van der Waals surface area (Å²) in [7, 11) is 1.80. The Bertz CT molecular complexity index is 821. The monoisotopic (exact) mass is 358 g/mol. The van der Waals surface area contributed by atoms with Gasteiger partial charge in [-0.05, 0) is 31.0 Å². The number of hydrogen-bond donors (Lipinski definition) is 0. The molecule has 2 aliphatic rings. The van der Waals surface area contributed by atoms with Gasteiger partial charge in [-0.25, -0.2) is 0 Å². The van der Waals surface area contributed by atoms with Gasteiger partial charge >= 0.3 is 0 Å². The first-order valence-electron chi connectivity index (χ1n) is 7.41. The van der Waals surface area contributed by atoms with Gasteiger partial charge in [-0.2, -0.15) is 0 Å². The summed E-state index contributed by atoms with van der Waals surface area (Å²) < 4.78 is 0.972. The molecule has 0 N–H and O–H groups in total. The van der Waals surface area contributed by atoms with E-state index in [1.807, 2.05) is 18.2 Å². The molecule has 1 amide bonds. The third kappa shape index (κ3) is 1.72. The first kappa shape index (κ1) is 13.9. The van der Waals surface area contributed by atoms with Crippen LogP contribution in [0.4, 0.5) is 5.69 Å². The molecule has 0 radical (unpaired) electrons. The van der Waals surface area contributed by atoms with E-state index < -0.39 is 5.41 Å². The van der Waals surface area contributed by atoms with Crippen molar-refractivity contribution in [3.8, 4) is 0 Å². The van der Waals surface area contributed by atoms with Crippen molar-refractivity contribution in [1.82, 2.24) is 4.98 Å². The standard InChI is InChI=1S/C17H15BrN2O2/c1-20-14-9-19-13-3-2-10(18)8-12(13)15(14)17(16(20)22)6-4-11(21)5-7-17/h2-3,8-9H,4-7H2,1H3. The number of Topliss-reactive ketones (excluding diaryl/α,β-unsaturated/α-hetero) is 1. The van der Waals surface area contributed by atoms with E-state index in [1.165, 1.54) is 0 Å². The van der Waals surface area contributed by atoms with Gasteiger partial charge in [-0.3, -0.25) is 14.6 Å². The van der Waals surface area contributed by atoms with Crippen LogP contribution in [0.3, 0.4) is 0 Å². The summed E-state index contributed by atoms with van der Waals surface area (Å²) >= 11 is 3.51. The topological polar surface area (TPSA) is 50.3 Å². The second kappa shape index (κ2) is 4.62. The van der Waals surface area contributed by atoms with Gasteiger partial charge in [0, 0.05) is 35.3 Å². The molecule has 112 valence electrons. The SMILES string of the molecule is CN1C(=O)C2(CCC(=O)CC2)c2c1cnc1ccc(Br)cc21. The molecule has 1 aliphatic carbocycles. The minimum atomic E-state index is -0.556. The Kier molecular flexibility index (Phi) is 2.92. The molecule has 1 aromatic carbocycles. The minimum Gasteiger partial charge on any atom is -0.313 e. The average Bonchev–Trinajstić information content (AvgIpc) is 2.73. The fourth-order valence-corrected chi connectivity index (χ4v) is 4.23. The van der Waals surface area contributed by atoms with E-state index in [4.69, 9.17) is 0 Å². The normalized spacial score (nSPS) is 20.0. The number of carbonyl (C=O) groups excluding carboxylic acids is 2. The van der Waals surface area contributed by atoms with Crippen molar-refractivity contribution in [2.45, 2.75) is 31.1 Å². The van der Waals surface area contributed by atoms with Crippen LogP contribution in [0, 0.1) is 0 Å². The van der Waals surface area contributed by atoms with Gasteiger partial charge in [-0.1, -0.05) is 15.9 Å². The van der Waals surface area contributed by atoms with Crippen molar-refractivity contribution in [3.63, 3.8) is 0 Å². The van der Waals surface area contributed by atoms with E-state index in [1.54, 1.807) is 18.1 Å². The van der Waals surface area contributed by atoms with Gasteiger partial charge in [-0.15, -0.1) is 0 Å². The number of halogens is 1. The lowest BCUT2D eigenvalue weighted by Crippen LogP contribution is -2.41. The average molecular weight is 359 g/mol. The number of pyridine rings is 1. The number of aromatic nitrogens is 1. The molecule has 1 fully saturated rings. The molecular weight excluding hydrogens is 344 g/mol. The van der Waals surface area contributed by atoms with Crippen LogP contribution in [0.5, 0.6) is 0 Å². The number of ketones is 1. The minimum absolute atomic E-state index is 0.101. The quantitative estimate of drug-likeness (QED) is 0.725. The maximum Gasteiger partial charge on any atom is 0.237 e. The number of nitrogens with zero attached hydrogens (tertiary/aromatic N) is 2. The molecule has 5 heteroatoms. The number of rotatable bonds is 0. The third-order valence-corrected chi connectivity index (χ3v) is 5.52. The van der Waals surface area contributed by atoms with E-state index >= 15 is 0 Å². The van der Waals surface area contributed by atoms with Crippen molar-refractivity contribution in [2.24, 2.45) is 0 Å². The van der Waals surface area contributed by atoms with Gasteiger partial charge in [0.2, 0.25) is 5.91 Å². The molecule has 0 bridgehead atoms. The molecule has 4 rings (SSSR count). The number of carbonyl (C=O) groups is 2. The zero-order valence-electron chi connectivity index (χ0n) is 12.2. The Balaban J connectivity index is 2.03. The molecule has 0 saturated heterocycles. The molecule has 1 spiro atoms. The zero-order chi connectivity index (χ0) is 15.5. The van der Waals surface area contributed by atoms with Crippen molar-refractivity contribution in [3.05, 3.63) is 34.4 Å². The molecule has 2 aromatic rings. The molecule has 2 heterocycles. The van der Waals surface area contributed by atoms with Crippen molar-refractivity contribution in [2.75, 3.05) is 11.9 Å². The summed E-state index contributed by atoms with van der Waals surface area (Å²) in [4.78, 5) is 30.8. The lowest BCUT2D eigenvalue weighted by molar-refractivity contribution is -0.127. The van der Waals surface area contributed by atoms with E-state index in [-0.39, 0.29) is 11.7 Å². The van der Waals surface area contributed by atoms with Crippen molar-refractivity contribution < 1.29 is 9.59 Å². The van der Waals surface area contributed by atoms with E-state index in [0.29, 0.717) is 25.7 Å². The van der Waals surface area contributed by atoms with E-state index in [0.717, 1.165) is 26.6 Å². The van der Waals surface area contributed by atoms with Crippen LogP contribution in [0.2, 0.25) is 0 Å². The largest absolute Gasteiger partial charge is 0.313 e. The predicted molar refractivity (Wildman–Crippen MR) is 88.0 cm³/mol. The first-order valence-corrected chi connectivity index (χ1v) is 8.21. The maximum absolute atomic E-state index is 12.9. The number of amides is 1. The molecule has 22 heavy (non-hydrogen) atoms. The zero-order valence-corrected chi connectivity index (χ0v) is 13.8. The van der Waals surface area contributed by atoms with Crippen LogP contribution < -0.4 is 4.90 Å². The Morgan fingerprint density at radius 3 is 2.68 bits per heavy atom. The van der Waals surface area contributed by atoms with E-state index in [2.05, 4.69) is 20.9 Å². The Hall–Kier alpha value is -1.75. The fraction of sp³-hybridized carbons (Fsp3) is 0.353. The second-order valence-electron chi connectivity index (χ2n) is 6.16. The van der Waals surface area contributed by atoms with Crippen LogP contribution in [-0.4, -0.2) is 23.7 Å². The summed E-state index contributed by atoms with van der Waals surface area (Å²) in [5.41, 5.74) is 2.27. The fourth-order valence-electron chi connectivity index (χ4n) is 3.87. The smallest absolute Gasteiger partial charge is 0.237 e. The molecular formula is C17H15BrN2O2. The summed E-state index contributed by atoms with van der Waals surface area (Å²) in [5, 5.41) is 1.01. The Morgan fingerprint density at radius 2 is 1.95 bits per heavy atom. The second-order valence-corrected chi connectivity index (χ2v) is 7.08. The van der Waals surface area contributed by atoms with Gasteiger partial charge in [0.05, 0.1) is 22.8 Å². The van der Waals surface area contributed by atoms with Crippen molar-refractivity contribution in [1.29, 1.82) is 0 Å². The highest BCUT2D eigenvalue weighted by Gasteiger charge is 2.52. The van der Waals surface area contributed by atoms with Crippen LogP contribution >= 0.6 is 15.9 Å².